The zero-order chi connectivity index (χ0) is 21.8. The average molecular weight is 453 g/mol. The van der Waals surface area contributed by atoms with Crippen LogP contribution in [0.1, 0.15) is 30.9 Å². The molecule has 0 amide bonds. The normalized spacial score (nSPS) is 14.3. The van der Waals surface area contributed by atoms with Crippen molar-refractivity contribution >= 4 is 29.8 Å². The van der Waals surface area contributed by atoms with Crippen molar-refractivity contribution in [2.24, 2.45) is 0 Å². The van der Waals surface area contributed by atoms with Gasteiger partial charge in [0.25, 0.3) is 0 Å². The second-order valence-electron chi connectivity index (χ2n) is 7.26. The van der Waals surface area contributed by atoms with E-state index < -0.39 is 0 Å². The Bertz CT molecular complexity index is 1150. The highest BCUT2D eigenvalue weighted by atomic mass is 35.5. The van der Waals surface area contributed by atoms with Gasteiger partial charge in [0, 0.05) is 56.8 Å². The predicted octanol–water partition coefficient (Wildman–Crippen LogP) is 4.53. The van der Waals surface area contributed by atoms with Gasteiger partial charge >= 0.3 is 0 Å². The first-order valence-electron chi connectivity index (χ1n) is 10.1. The van der Waals surface area contributed by atoms with Gasteiger partial charge in [0.2, 0.25) is 5.95 Å². The zero-order valence-electron chi connectivity index (χ0n) is 17.0. The lowest BCUT2D eigenvalue weighted by Gasteiger charge is -2.32. The molecule has 3 aromatic rings. The van der Waals surface area contributed by atoms with Crippen LogP contribution < -0.4 is 9.64 Å². The summed E-state index contributed by atoms with van der Waals surface area (Å²) in [7, 11) is 0. The van der Waals surface area contributed by atoms with Crippen molar-refractivity contribution in [2.75, 3.05) is 18.0 Å². The first-order valence-corrected chi connectivity index (χ1v) is 10.9. The summed E-state index contributed by atoms with van der Waals surface area (Å²) in [5.41, 5.74) is 1.62. The van der Waals surface area contributed by atoms with Crippen LogP contribution >= 0.6 is 23.8 Å². The number of aryl methyl sites for hydroxylation is 1. The maximum Gasteiger partial charge on any atom is 0.225 e. The minimum atomic E-state index is 0.0435. The number of halogens is 1. The molecule has 0 atom stereocenters. The third-order valence-corrected chi connectivity index (χ3v) is 5.81. The molecule has 0 radical (unpaired) electrons. The number of aromatic nitrogens is 4. The molecular formula is C22H21ClN6OS. The first kappa shape index (κ1) is 21.2. The van der Waals surface area contributed by atoms with Crippen molar-refractivity contribution in [1.29, 1.82) is 5.26 Å². The van der Waals surface area contributed by atoms with Crippen LogP contribution in [0.3, 0.4) is 0 Å². The summed E-state index contributed by atoms with van der Waals surface area (Å²) < 4.78 is 8.40. The molecule has 0 spiro atoms. The monoisotopic (exact) mass is 452 g/mol. The highest BCUT2D eigenvalue weighted by Gasteiger charge is 2.23. The third kappa shape index (κ3) is 4.84. The molecule has 1 fully saturated rings. The molecule has 7 nitrogen and oxygen atoms in total. The minimum Gasteiger partial charge on any atom is -0.489 e. The Kier molecular flexibility index (Phi) is 6.44. The number of hydrogen-bond donors (Lipinski definition) is 0. The van der Waals surface area contributed by atoms with Crippen molar-refractivity contribution in [3.63, 3.8) is 0 Å². The molecule has 0 bridgehead atoms. The van der Waals surface area contributed by atoms with Crippen molar-refractivity contribution < 1.29 is 4.74 Å². The highest BCUT2D eigenvalue weighted by molar-refractivity contribution is 7.71. The molecule has 1 saturated heterocycles. The average Bonchev–Trinajstić information content (AvgIpc) is 2.82. The summed E-state index contributed by atoms with van der Waals surface area (Å²) in [5.74, 6) is 1.93. The van der Waals surface area contributed by atoms with Crippen molar-refractivity contribution in [3.8, 4) is 17.6 Å². The molecule has 158 valence electrons. The lowest BCUT2D eigenvalue weighted by molar-refractivity contribution is 0.170. The molecule has 4 rings (SSSR count). The van der Waals surface area contributed by atoms with Gasteiger partial charge in [-0.1, -0.05) is 30.7 Å². The molecule has 1 aliphatic heterocycles. The molecule has 0 N–H and O–H groups in total. The summed E-state index contributed by atoms with van der Waals surface area (Å²) in [5, 5.41) is 9.39. The van der Waals surface area contributed by atoms with Gasteiger partial charge in [-0.2, -0.15) is 5.26 Å². The summed E-state index contributed by atoms with van der Waals surface area (Å²) >= 11 is 12.0. The van der Waals surface area contributed by atoms with Gasteiger partial charge in [-0.05, 0) is 24.1 Å². The lowest BCUT2D eigenvalue weighted by Crippen LogP contribution is -2.39. The van der Waals surface area contributed by atoms with E-state index in [0.717, 1.165) is 43.9 Å². The van der Waals surface area contributed by atoms with Gasteiger partial charge in [-0.25, -0.2) is 15.0 Å². The Morgan fingerprint density at radius 1 is 1.19 bits per heavy atom. The maximum atomic E-state index is 8.93. The maximum absolute atomic E-state index is 8.93. The number of anilines is 1. The van der Waals surface area contributed by atoms with Crippen LogP contribution in [0.4, 0.5) is 5.95 Å². The number of hydrogen-bond acceptors (Lipinski definition) is 7. The zero-order valence-corrected chi connectivity index (χ0v) is 18.6. The van der Waals surface area contributed by atoms with Crippen molar-refractivity contribution in [2.45, 2.75) is 32.3 Å². The van der Waals surface area contributed by atoms with Crippen LogP contribution in [0, 0.1) is 16.0 Å². The Hall–Kier alpha value is -3.02. The number of nitriles is 1. The largest absolute Gasteiger partial charge is 0.489 e. The summed E-state index contributed by atoms with van der Waals surface area (Å²) in [6.07, 6.45) is 9.63. The quantitative estimate of drug-likeness (QED) is 0.526. The molecule has 3 aromatic heterocycles. The standard InChI is InChI=1S/C22H21ClN6OS/c1-2-15-11-26-22(27-12-15)28-7-5-17(6-8-28)30-19-9-21(31)29(14-18(19)23)20-4-3-16(10-24)13-25-20/h3-4,9,11-14,17H,2,5-8H2,1H3. The van der Waals surface area contributed by atoms with Crippen LogP contribution in [-0.2, 0) is 6.42 Å². The SMILES string of the molecule is CCc1cnc(N2CCC(Oc3cc(=S)n(-c4ccc(C#N)cn4)cc3Cl)CC2)nc1. The van der Waals surface area contributed by atoms with Gasteiger partial charge in [0.05, 0.1) is 10.6 Å². The van der Waals surface area contributed by atoms with Gasteiger partial charge in [-0.15, -0.1) is 0 Å². The van der Waals surface area contributed by atoms with E-state index in [1.54, 1.807) is 29.0 Å². The fourth-order valence-corrected chi connectivity index (χ4v) is 3.85. The van der Waals surface area contributed by atoms with Gasteiger partial charge in [-0.3, -0.25) is 4.57 Å². The van der Waals surface area contributed by atoms with E-state index in [9.17, 15) is 0 Å². The van der Waals surface area contributed by atoms with E-state index in [1.807, 2.05) is 18.5 Å². The molecule has 31 heavy (non-hydrogen) atoms. The lowest BCUT2D eigenvalue weighted by atomic mass is 10.1. The second kappa shape index (κ2) is 9.41. The van der Waals surface area contributed by atoms with Crippen molar-refractivity contribution in [3.05, 3.63) is 63.8 Å². The van der Waals surface area contributed by atoms with Crippen LogP contribution in [0.2, 0.25) is 5.02 Å². The number of piperidine rings is 1. The first-order chi connectivity index (χ1) is 15.1. The van der Waals surface area contributed by atoms with E-state index in [0.29, 0.717) is 26.8 Å². The Morgan fingerprint density at radius 3 is 2.55 bits per heavy atom. The molecular weight excluding hydrogens is 432 g/mol. The number of ether oxygens (including phenoxy) is 1. The van der Waals surface area contributed by atoms with Crippen LogP contribution in [0.5, 0.6) is 5.75 Å². The third-order valence-electron chi connectivity index (χ3n) is 5.21. The fourth-order valence-electron chi connectivity index (χ4n) is 3.40. The molecule has 4 heterocycles. The Morgan fingerprint density at radius 2 is 1.94 bits per heavy atom. The fraction of sp³-hybridized carbons (Fsp3) is 0.318. The van der Waals surface area contributed by atoms with E-state index in [1.165, 1.54) is 6.20 Å². The summed E-state index contributed by atoms with van der Waals surface area (Å²) in [6.45, 7) is 3.72. The predicted molar refractivity (Wildman–Crippen MR) is 121 cm³/mol. The molecule has 9 heteroatoms. The van der Waals surface area contributed by atoms with Gasteiger partial charge < -0.3 is 9.64 Å². The van der Waals surface area contributed by atoms with Crippen LogP contribution in [0.15, 0.2) is 43.0 Å². The van der Waals surface area contributed by atoms with E-state index in [-0.39, 0.29) is 6.10 Å². The summed E-state index contributed by atoms with van der Waals surface area (Å²) in [4.78, 5) is 15.4. The Labute approximate surface area is 190 Å². The van der Waals surface area contributed by atoms with Crippen LogP contribution in [-0.4, -0.2) is 38.7 Å². The number of nitrogens with zero attached hydrogens (tertiary/aromatic N) is 6. The number of rotatable bonds is 5. The van der Waals surface area contributed by atoms with Gasteiger partial charge in [0.15, 0.2) is 0 Å². The van der Waals surface area contributed by atoms with Crippen molar-refractivity contribution in [1.82, 2.24) is 19.5 Å². The Balaban J connectivity index is 1.42. The second-order valence-corrected chi connectivity index (χ2v) is 8.09. The highest BCUT2D eigenvalue weighted by Crippen LogP contribution is 2.29. The molecule has 0 aromatic carbocycles. The van der Waals surface area contributed by atoms with E-state index in [4.69, 9.17) is 33.8 Å². The van der Waals surface area contributed by atoms with E-state index >= 15 is 0 Å². The number of pyridine rings is 2. The summed E-state index contributed by atoms with van der Waals surface area (Å²) in [6, 6.07) is 7.22. The molecule has 0 saturated carbocycles. The molecule has 1 aliphatic rings. The molecule has 0 unspecified atom stereocenters. The van der Waals surface area contributed by atoms with E-state index in [2.05, 4.69) is 26.8 Å². The topological polar surface area (TPSA) is 79.9 Å². The smallest absolute Gasteiger partial charge is 0.225 e. The minimum absolute atomic E-state index is 0.0435. The van der Waals surface area contributed by atoms with Crippen LogP contribution in [0.25, 0.3) is 5.82 Å². The molecule has 0 aliphatic carbocycles. The van der Waals surface area contributed by atoms with Gasteiger partial charge in [0.1, 0.15) is 28.4 Å².